The summed E-state index contributed by atoms with van der Waals surface area (Å²) in [6.07, 6.45) is 0. The van der Waals surface area contributed by atoms with Crippen LogP contribution in [0.3, 0.4) is 0 Å². The van der Waals surface area contributed by atoms with E-state index in [1.54, 1.807) is 0 Å². The molecule has 1 amide bonds. The number of amides is 1. The monoisotopic (exact) mass is 519 g/mol. The number of halogens is 1. The third-order valence-electron chi connectivity index (χ3n) is 5.12. The summed E-state index contributed by atoms with van der Waals surface area (Å²) in [6, 6.07) is 14.2. The Morgan fingerprint density at radius 1 is 1.06 bits per heavy atom. The molecule has 10 nitrogen and oxygen atoms in total. The Kier molecular flexibility index (Phi) is 7.82. The number of nitrogens with one attached hydrogen (secondary N) is 1. The summed E-state index contributed by atoms with van der Waals surface area (Å²) in [4.78, 5) is 23.5. The van der Waals surface area contributed by atoms with Crippen molar-refractivity contribution in [2.75, 3.05) is 30.4 Å². The zero-order valence-electron chi connectivity index (χ0n) is 19.0. The number of carbonyl (C=O) groups excluding carboxylic acids is 1. The van der Waals surface area contributed by atoms with Crippen molar-refractivity contribution in [3.05, 3.63) is 81.4 Å². The Bertz CT molecular complexity index is 1360. The molecule has 0 saturated carbocycles. The van der Waals surface area contributed by atoms with Crippen LogP contribution in [0.25, 0.3) is 0 Å². The molecule has 0 unspecified atom stereocenters. The summed E-state index contributed by atoms with van der Waals surface area (Å²) in [5.74, 6) is -0.169. The van der Waals surface area contributed by atoms with Gasteiger partial charge in [0.15, 0.2) is 11.5 Å². The van der Waals surface area contributed by atoms with Gasteiger partial charge in [-0.25, -0.2) is 8.42 Å². The van der Waals surface area contributed by atoms with Crippen molar-refractivity contribution in [3.63, 3.8) is 0 Å². The maximum atomic E-state index is 13.6. The molecule has 0 radical (unpaired) electrons. The molecule has 0 atom stereocenters. The maximum absolute atomic E-state index is 13.6. The number of rotatable bonds is 9. The standard InChI is InChI=1S/C23H22ClN3O7S/c1-15-19(5-4-6-20(15)27(29)30)25-23(28)14-26(17-9-7-16(24)8-10-17)35(31,32)18-11-12-21(33-2)22(13-18)34-3/h4-13H,14H2,1-3H3,(H,25,28). The van der Waals surface area contributed by atoms with Crippen LogP contribution in [-0.2, 0) is 14.8 Å². The van der Waals surface area contributed by atoms with Crippen molar-refractivity contribution in [2.45, 2.75) is 11.8 Å². The van der Waals surface area contributed by atoms with Crippen molar-refractivity contribution in [2.24, 2.45) is 0 Å². The number of anilines is 2. The predicted octanol–water partition coefficient (Wildman–Crippen LogP) is 4.41. The number of hydrogen-bond acceptors (Lipinski definition) is 7. The fourth-order valence-corrected chi connectivity index (χ4v) is 4.87. The van der Waals surface area contributed by atoms with Crippen LogP contribution in [0.1, 0.15) is 5.56 Å². The first kappa shape index (κ1) is 25.8. The van der Waals surface area contributed by atoms with Gasteiger partial charge in [-0.15, -0.1) is 0 Å². The van der Waals surface area contributed by atoms with Crippen LogP contribution in [0.4, 0.5) is 17.1 Å². The zero-order chi connectivity index (χ0) is 25.8. The summed E-state index contributed by atoms with van der Waals surface area (Å²) >= 11 is 5.96. The van der Waals surface area contributed by atoms with E-state index in [9.17, 15) is 23.3 Å². The van der Waals surface area contributed by atoms with E-state index in [1.807, 2.05) is 0 Å². The number of nitro benzene ring substituents is 1. The number of benzene rings is 3. The second kappa shape index (κ2) is 10.6. The summed E-state index contributed by atoms with van der Waals surface area (Å²) in [5, 5.41) is 14.2. The van der Waals surface area contributed by atoms with Gasteiger partial charge in [0.1, 0.15) is 6.54 Å². The lowest BCUT2D eigenvalue weighted by Crippen LogP contribution is -2.38. The number of nitrogens with zero attached hydrogens (tertiary/aromatic N) is 2. The first-order valence-corrected chi connectivity index (χ1v) is 11.9. The molecule has 0 aromatic heterocycles. The quantitative estimate of drug-likeness (QED) is 0.327. The molecule has 35 heavy (non-hydrogen) atoms. The molecule has 184 valence electrons. The van der Waals surface area contributed by atoms with Crippen LogP contribution in [0.15, 0.2) is 65.6 Å². The first-order valence-electron chi connectivity index (χ1n) is 10.1. The number of carbonyl (C=O) groups is 1. The molecule has 0 fully saturated rings. The van der Waals surface area contributed by atoms with Crippen LogP contribution in [-0.4, -0.2) is 40.0 Å². The molecule has 3 aromatic carbocycles. The molecule has 0 saturated heterocycles. The Morgan fingerprint density at radius 2 is 1.71 bits per heavy atom. The number of sulfonamides is 1. The highest BCUT2D eigenvalue weighted by molar-refractivity contribution is 7.92. The Hall–Kier alpha value is -3.83. The van der Waals surface area contributed by atoms with Gasteiger partial charge < -0.3 is 14.8 Å². The van der Waals surface area contributed by atoms with Crippen LogP contribution in [0, 0.1) is 17.0 Å². The average Bonchev–Trinajstić information content (AvgIpc) is 2.83. The topological polar surface area (TPSA) is 128 Å². The second-order valence-corrected chi connectivity index (χ2v) is 9.56. The lowest BCUT2D eigenvalue weighted by molar-refractivity contribution is -0.385. The van der Waals surface area contributed by atoms with Crippen LogP contribution >= 0.6 is 11.6 Å². The van der Waals surface area contributed by atoms with Crippen LogP contribution in [0.2, 0.25) is 5.02 Å². The van der Waals surface area contributed by atoms with E-state index < -0.39 is 27.4 Å². The predicted molar refractivity (Wildman–Crippen MR) is 132 cm³/mol. The van der Waals surface area contributed by atoms with Gasteiger partial charge in [-0.2, -0.15) is 0 Å². The fourth-order valence-electron chi connectivity index (χ4n) is 3.30. The van der Waals surface area contributed by atoms with E-state index in [-0.39, 0.29) is 33.3 Å². The minimum atomic E-state index is -4.26. The minimum absolute atomic E-state index is 0.135. The smallest absolute Gasteiger partial charge is 0.274 e. The molecule has 0 heterocycles. The van der Waals surface area contributed by atoms with E-state index in [4.69, 9.17) is 21.1 Å². The van der Waals surface area contributed by atoms with Gasteiger partial charge in [0, 0.05) is 17.2 Å². The molecule has 0 aliphatic carbocycles. The SMILES string of the molecule is COc1ccc(S(=O)(=O)N(CC(=O)Nc2cccc([N+](=O)[O-])c2C)c2ccc(Cl)cc2)cc1OC. The van der Waals surface area contributed by atoms with E-state index in [2.05, 4.69) is 5.32 Å². The molecule has 3 aromatic rings. The van der Waals surface area contributed by atoms with Gasteiger partial charge in [0.25, 0.3) is 15.7 Å². The van der Waals surface area contributed by atoms with Gasteiger partial charge >= 0.3 is 0 Å². The largest absolute Gasteiger partial charge is 0.493 e. The summed E-state index contributed by atoms with van der Waals surface area (Å²) in [6.45, 7) is 0.880. The van der Waals surface area contributed by atoms with Crippen LogP contribution < -0.4 is 19.1 Å². The third kappa shape index (κ3) is 5.64. The normalized spacial score (nSPS) is 11.0. The lowest BCUT2D eigenvalue weighted by Gasteiger charge is -2.24. The van der Waals surface area contributed by atoms with Crippen molar-refractivity contribution in [1.82, 2.24) is 0 Å². The van der Waals surface area contributed by atoms with Crippen molar-refractivity contribution < 1.29 is 27.6 Å². The van der Waals surface area contributed by atoms with Gasteiger partial charge in [-0.1, -0.05) is 17.7 Å². The van der Waals surface area contributed by atoms with E-state index in [0.717, 1.165) is 4.31 Å². The number of nitro groups is 1. The molecular weight excluding hydrogens is 498 g/mol. The lowest BCUT2D eigenvalue weighted by atomic mass is 10.1. The molecule has 12 heteroatoms. The van der Waals surface area contributed by atoms with Gasteiger partial charge in [-0.3, -0.25) is 19.2 Å². The van der Waals surface area contributed by atoms with Gasteiger partial charge in [0.2, 0.25) is 5.91 Å². The maximum Gasteiger partial charge on any atom is 0.274 e. The van der Waals surface area contributed by atoms with E-state index >= 15 is 0 Å². The third-order valence-corrected chi connectivity index (χ3v) is 7.14. The molecule has 1 N–H and O–H groups in total. The average molecular weight is 520 g/mol. The molecule has 0 bridgehead atoms. The molecule has 0 spiro atoms. The number of ether oxygens (including phenoxy) is 2. The van der Waals surface area contributed by atoms with Gasteiger partial charge in [-0.05, 0) is 49.4 Å². The molecule has 0 aliphatic rings. The second-order valence-electron chi connectivity index (χ2n) is 7.26. The van der Waals surface area contributed by atoms with Crippen molar-refractivity contribution in [3.8, 4) is 11.5 Å². The highest BCUT2D eigenvalue weighted by atomic mass is 35.5. The number of hydrogen-bond donors (Lipinski definition) is 1. The fraction of sp³-hybridized carbons (Fsp3) is 0.174. The molecule has 0 aliphatic heterocycles. The number of methoxy groups -OCH3 is 2. The highest BCUT2D eigenvalue weighted by Crippen LogP contribution is 2.33. The molecule has 3 rings (SSSR count). The van der Waals surface area contributed by atoms with Crippen LogP contribution in [0.5, 0.6) is 11.5 Å². The van der Waals surface area contributed by atoms with Crippen molar-refractivity contribution >= 4 is 44.6 Å². The Labute approximate surface area is 207 Å². The van der Waals surface area contributed by atoms with Crippen molar-refractivity contribution in [1.29, 1.82) is 0 Å². The minimum Gasteiger partial charge on any atom is -0.493 e. The summed E-state index contributed by atoms with van der Waals surface area (Å²) < 4.78 is 38.5. The highest BCUT2D eigenvalue weighted by Gasteiger charge is 2.29. The van der Waals surface area contributed by atoms with Gasteiger partial charge in [0.05, 0.1) is 41.0 Å². The Morgan fingerprint density at radius 3 is 2.31 bits per heavy atom. The zero-order valence-corrected chi connectivity index (χ0v) is 20.6. The van der Waals surface area contributed by atoms with E-state index in [1.165, 1.54) is 81.8 Å². The summed E-state index contributed by atoms with van der Waals surface area (Å²) in [5.41, 5.74) is 0.459. The first-order chi connectivity index (χ1) is 16.6. The molecular formula is C23H22ClN3O7S. The van der Waals surface area contributed by atoms with E-state index in [0.29, 0.717) is 10.8 Å². The Balaban J connectivity index is 2.00. The summed E-state index contributed by atoms with van der Waals surface area (Å²) in [7, 11) is -1.46.